The summed E-state index contributed by atoms with van der Waals surface area (Å²) < 4.78 is 25.0. The minimum Gasteiger partial charge on any atom is -0.243 e. The second kappa shape index (κ2) is 4.68. The zero-order valence-electron chi connectivity index (χ0n) is 7.34. The first-order valence-electron chi connectivity index (χ1n) is 3.84. The largest absolute Gasteiger partial charge is 0.265 e. The molecular formula is C9H4ClF2N3. The van der Waals surface area contributed by atoms with Gasteiger partial charge < -0.3 is 0 Å². The third kappa shape index (κ3) is 2.20. The van der Waals surface area contributed by atoms with Crippen molar-refractivity contribution < 1.29 is 8.78 Å². The molecule has 0 spiro atoms. The zero-order chi connectivity index (χ0) is 11.4. The number of alkyl halides is 2. The van der Waals surface area contributed by atoms with E-state index < -0.39 is 12.0 Å². The molecule has 0 aliphatic heterocycles. The van der Waals surface area contributed by atoms with Crippen LogP contribution in [0.25, 0.3) is 0 Å². The van der Waals surface area contributed by atoms with Gasteiger partial charge in [0.05, 0.1) is 18.1 Å². The van der Waals surface area contributed by atoms with Crippen LogP contribution in [0.15, 0.2) is 6.20 Å². The molecule has 0 radical (unpaired) electrons. The monoisotopic (exact) mass is 227 g/mol. The molecule has 1 aromatic rings. The van der Waals surface area contributed by atoms with Crippen LogP contribution in [-0.4, -0.2) is 4.98 Å². The van der Waals surface area contributed by atoms with Crippen LogP contribution in [0.4, 0.5) is 8.78 Å². The third-order valence-corrected chi connectivity index (χ3v) is 2.06. The van der Waals surface area contributed by atoms with Crippen LogP contribution in [0, 0.1) is 22.7 Å². The highest BCUT2D eigenvalue weighted by atomic mass is 35.5. The number of nitrogens with zero attached hydrogens (tertiary/aromatic N) is 3. The molecule has 76 valence electrons. The van der Waals surface area contributed by atoms with Gasteiger partial charge in [0.2, 0.25) is 0 Å². The molecule has 6 heteroatoms. The summed E-state index contributed by atoms with van der Waals surface area (Å²) in [6.45, 7) is 0. The van der Waals surface area contributed by atoms with E-state index in [2.05, 4.69) is 4.98 Å². The number of pyridine rings is 1. The predicted molar refractivity (Wildman–Crippen MR) is 48.2 cm³/mol. The third-order valence-electron chi connectivity index (χ3n) is 1.78. The van der Waals surface area contributed by atoms with Gasteiger partial charge in [0.1, 0.15) is 11.2 Å². The Labute approximate surface area is 89.5 Å². The van der Waals surface area contributed by atoms with Crippen molar-refractivity contribution in [2.24, 2.45) is 0 Å². The van der Waals surface area contributed by atoms with Crippen molar-refractivity contribution in [3.8, 4) is 12.1 Å². The lowest BCUT2D eigenvalue weighted by molar-refractivity contribution is 0.150. The number of nitriles is 2. The van der Waals surface area contributed by atoms with Gasteiger partial charge in [-0.1, -0.05) is 11.6 Å². The number of halogens is 3. The molecule has 1 heterocycles. The first-order chi connectivity index (χ1) is 7.11. The number of rotatable bonds is 2. The number of hydrogen-bond acceptors (Lipinski definition) is 3. The Balaban J connectivity index is 3.45. The zero-order valence-corrected chi connectivity index (χ0v) is 8.09. The van der Waals surface area contributed by atoms with Gasteiger partial charge in [-0.3, -0.25) is 0 Å². The molecule has 15 heavy (non-hydrogen) atoms. The minimum absolute atomic E-state index is 0.0463. The normalized spacial score (nSPS) is 9.73. The Kier molecular flexibility index (Phi) is 3.54. The Morgan fingerprint density at radius 3 is 2.60 bits per heavy atom. The summed E-state index contributed by atoms with van der Waals surface area (Å²) in [6.07, 6.45) is -2.17. The molecule has 0 bridgehead atoms. The van der Waals surface area contributed by atoms with Crippen LogP contribution in [0.1, 0.15) is 23.1 Å². The molecular weight excluding hydrogens is 224 g/mol. The Morgan fingerprint density at radius 2 is 2.13 bits per heavy atom. The van der Waals surface area contributed by atoms with E-state index in [9.17, 15) is 8.78 Å². The van der Waals surface area contributed by atoms with Crippen LogP contribution in [0.2, 0.25) is 5.15 Å². The van der Waals surface area contributed by atoms with Gasteiger partial charge in [0.15, 0.2) is 0 Å². The molecule has 0 aromatic carbocycles. The molecule has 0 aliphatic carbocycles. The maximum absolute atomic E-state index is 12.5. The van der Waals surface area contributed by atoms with E-state index in [4.69, 9.17) is 22.1 Å². The Hall–Kier alpha value is -1.72. The molecule has 0 aliphatic rings. The van der Waals surface area contributed by atoms with Crippen LogP contribution in [-0.2, 0) is 6.42 Å². The SMILES string of the molecule is N#CCc1c(C(F)F)cnc(Cl)c1C#N. The van der Waals surface area contributed by atoms with Gasteiger partial charge in [-0.05, 0) is 5.56 Å². The lowest BCUT2D eigenvalue weighted by Crippen LogP contribution is -2.00. The van der Waals surface area contributed by atoms with Crippen molar-refractivity contribution in [3.63, 3.8) is 0 Å². The fourth-order valence-corrected chi connectivity index (χ4v) is 1.31. The minimum atomic E-state index is -2.77. The van der Waals surface area contributed by atoms with Gasteiger partial charge in [0.25, 0.3) is 6.43 Å². The molecule has 0 unspecified atom stereocenters. The van der Waals surface area contributed by atoms with Gasteiger partial charge in [-0.15, -0.1) is 0 Å². The molecule has 0 saturated heterocycles. The van der Waals surface area contributed by atoms with E-state index in [1.54, 1.807) is 12.1 Å². The molecule has 1 aromatic heterocycles. The Bertz CT molecular complexity index is 460. The first-order valence-corrected chi connectivity index (χ1v) is 4.22. The van der Waals surface area contributed by atoms with Crippen molar-refractivity contribution in [3.05, 3.63) is 28.0 Å². The van der Waals surface area contributed by atoms with Gasteiger partial charge in [-0.2, -0.15) is 10.5 Å². The second-order valence-corrected chi connectivity index (χ2v) is 2.96. The van der Waals surface area contributed by atoms with Gasteiger partial charge in [0, 0.05) is 11.8 Å². The Morgan fingerprint density at radius 1 is 1.47 bits per heavy atom. The van der Waals surface area contributed by atoms with Crippen LogP contribution >= 0.6 is 11.6 Å². The van der Waals surface area contributed by atoms with Crippen molar-refractivity contribution >= 4 is 11.6 Å². The van der Waals surface area contributed by atoms with Crippen molar-refractivity contribution in [1.29, 1.82) is 10.5 Å². The molecule has 0 atom stereocenters. The van der Waals surface area contributed by atoms with E-state index in [1.807, 2.05) is 0 Å². The molecule has 0 amide bonds. The molecule has 1 rings (SSSR count). The second-order valence-electron chi connectivity index (χ2n) is 2.61. The van der Waals surface area contributed by atoms with Crippen molar-refractivity contribution in [2.75, 3.05) is 0 Å². The number of aromatic nitrogens is 1. The first kappa shape index (κ1) is 11.4. The summed E-state index contributed by atoms with van der Waals surface area (Å²) in [6, 6.07) is 3.38. The summed E-state index contributed by atoms with van der Waals surface area (Å²) in [4.78, 5) is 3.47. The smallest absolute Gasteiger partial charge is 0.243 e. The lowest BCUT2D eigenvalue weighted by atomic mass is 10.0. The van der Waals surface area contributed by atoms with Crippen molar-refractivity contribution in [2.45, 2.75) is 12.8 Å². The van der Waals surface area contributed by atoms with Crippen molar-refractivity contribution in [1.82, 2.24) is 4.98 Å². The summed E-state index contributed by atoms with van der Waals surface area (Å²) in [5.41, 5.74) is -0.622. The quantitative estimate of drug-likeness (QED) is 0.730. The predicted octanol–water partition coefficient (Wildman–Crippen LogP) is 2.61. The maximum Gasteiger partial charge on any atom is 0.265 e. The lowest BCUT2D eigenvalue weighted by Gasteiger charge is -2.07. The summed E-state index contributed by atoms with van der Waals surface area (Å²) in [7, 11) is 0. The van der Waals surface area contributed by atoms with Gasteiger partial charge in [-0.25, -0.2) is 13.8 Å². The summed E-state index contributed by atoms with van der Waals surface area (Å²) in [5, 5.41) is 17.0. The highest BCUT2D eigenvalue weighted by molar-refractivity contribution is 6.30. The van der Waals surface area contributed by atoms with Gasteiger partial charge >= 0.3 is 0 Å². The molecule has 0 N–H and O–H groups in total. The summed E-state index contributed by atoms with van der Waals surface area (Å²) >= 11 is 5.55. The average molecular weight is 228 g/mol. The highest BCUT2D eigenvalue weighted by Crippen LogP contribution is 2.28. The van der Waals surface area contributed by atoms with E-state index in [0.29, 0.717) is 0 Å². The summed E-state index contributed by atoms with van der Waals surface area (Å²) in [5.74, 6) is 0. The molecule has 0 fully saturated rings. The average Bonchev–Trinajstić information content (AvgIpc) is 2.18. The fraction of sp³-hybridized carbons (Fsp3) is 0.222. The van der Waals surface area contributed by atoms with Crippen LogP contribution in [0.5, 0.6) is 0 Å². The topological polar surface area (TPSA) is 60.5 Å². The standard InChI is InChI=1S/C9H4ClF2N3/c10-8-6(3-14)5(1-2-13)7(4-15-8)9(11)12/h4,9H,1H2. The van der Waals surface area contributed by atoms with E-state index in [-0.39, 0.29) is 22.7 Å². The van der Waals surface area contributed by atoms with Crippen LogP contribution < -0.4 is 0 Å². The van der Waals surface area contributed by atoms with E-state index >= 15 is 0 Å². The van der Waals surface area contributed by atoms with E-state index in [1.165, 1.54) is 0 Å². The van der Waals surface area contributed by atoms with E-state index in [0.717, 1.165) is 6.20 Å². The number of hydrogen-bond donors (Lipinski definition) is 0. The molecule has 3 nitrogen and oxygen atoms in total. The molecule has 0 saturated carbocycles. The fourth-order valence-electron chi connectivity index (χ4n) is 1.11. The maximum atomic E-state index is 12.5. The van der Waals surface area contributed by atoms with Crippen LogP contribution in [0.3, 0.4) is 0 Å². The highest BCUT2D eigenvalue weighted by Gasteiger charge is 2.19.